The van der Waals surface area contributed by atoms with Crippen LogP contribution in [0.1, 0.15) is 51.3 Å². The van der Waals surface area contributed by atoms with Gasteiger partial charge in [0.05, 0.1) is 0 Å². The lowest BCUT2D eigenvalue weighted by Crippen LogP contribution is -2.18. The van der Waals surface area contributed by atoms with Crippen LogP contribution in [0.5, 0.6) is 0 Å². The van der Waals surface area contributed by atoms with Gasteiger partial charge in [-0.3, -0.25) is 4.79 Å². The first-order valence-electron chi connectivity index (χ1n) is 6.77. The molecule has 0 amide bonds. The van der Waals surface area contributed by atoms with E-state index in [2.05, 4.69) is 30.7 Å². The van der Waals surface area contributed by atoms with Crippen LogP contribution in [0.4, 0.5) is 0 Å². The van der Waals surface area contributed by atoms with Crippen molar-refractivity contribution in [3.63, 3.8) is 0 Å². The maximum atomic E-state index is 12.0. The molecule has 0 bridgehead atoms. The number of nitrogens with one attached hydrogen (secondary N) is 1. The Morgan fingerprint density at radius 3 is 2.67 bits per heavy atom. The van der Waals surface area contributed by atoms with Crippen molar-refractivity contribution < 1.29 is 0 Å². The van der Waals surface area contributed by atoms with Crippen molar-refractivity contribution in [1.29, 1.82) is 0 Å². The molecule has 3 nitrogen and oxygen atoms in total. The number of aromatic nitrogens is 2. The molecule has 18 heavy (non-hydrogen) atoms. The molecule has 1 aromatic rings. The molecule has 0 radical (unpaired) electrons. The lowest BCUT2D eigenvalue weighted by Gasteiger charge is -2.08. The Labute approximate surface area is 114 Å². The zero-order valence-electron chi connectivity index (χ0n) is 11.9. The molecule has 0 aliphatic carbocycles. The summed E-state index contributed by atoms with van der Waals surface area (Å²) >= 11 is 1.64. The summed E-state index contributed by atoms with van der Waals surface area (Å²) in [5, 5.41) is 0.763. The Kier molecular flexibility index (Phi) is 6.47. The number of hydrogen-bond acceptors (Lipinski definition) is 3. The fourth-order valence-electron chi connectivity index (χ4n) is 1.69. The molecule has 0 aliphatic heterocycles. The summed E-state index contributed by atoms with van der Waals surface area (Å²) in [5.41, 5.74) is 1.78. The molecule has 0 aromatic carbocycles. The molecule has 0 saturated heterocycles. The lowest BCUT2D eigenvalue weighted by molar-refractivity contribution is 0.580. The van der Waals surface area contributed by atoms with E-state index < -0.39 is 0 Å². The van der Waals surface area contributed by atoms with E-state index in [9.17, 15) is 4.79 Å². The summed E-state index contributed by atoms with van der Waals surface area (Å²) in [5.74, 6) is 1.63. The molecule has 1 rings (SSSR count). The predicted molar refractivity (Wildman–Crippen MR) is 78.4 cm³/mol. The highest BCUT2D eigenvalue weighted by molar-refractivity contribution is 7.99. The van der Waals surface area contributed by atoms with E-state index in [1.54, 1.807) is 11.8 Å². The number of hydrogen-bond donors (Lipinski definition) is 1. The SMILES string of the molecule is CCCCSc1nc(C)c(CCC(C)C)c(=O)[nH]1. The monoisotopic (exact) mass is 268 g/mol. The second-order valence-corrected chi connectivity index (χ2v) is 6.15. The number of thioether (sulfide) groups is 1. The molecule has 102 valence electrons. The second kappa shape index (κ2) is 7.62. The van der Waals surface area contributed by atoms with Crippen molar-refractivity contribution >= 4 is 11.8 Å². The summed E-state index contributed by atoms with van der Waals surface area (Å²) in [6.07, 6.45) is 4.19. The van der Waals surface area contributed by atoms with Gasteiger partial charge in [0.15, 0.2) is 5.16 Å². The zero-order chi connectivity index (χ0) is 13.5. The second-order valence-electron chi connectivity index (χ2n) is 5.07. The van der Waals surface area contributed by atoms with Crippen molar-refractivity contribution in [2.45, 2.75) is 58.5 Å². The van der Waals surface area contributed by atoms with Gasteiger partial charge in [-0.25, -0.2) is 4.98 Å². The van der Waals surface area contributed by atoms with Gasteiger partial charge in [-0.1, -0.05) is 39.0 Å². The minimum atomic E-state index is 0.0437. The third-order valence-corrected chi connectivity index (χ3v) is 3.87. The van der Waals surface area contributed by atoms with E-state index in [1.807, 2.05) is 6.92 Å². The van der Waals surface area contributed by atoms with E-state index in [0.29, 0.717) is 5.92 Å². The smallest absolute Gasteiger partial charge is 0.254 e. The third kappa shape index (κ3) is 4.84. The van der Waals surface area contributed by atoms with Gasteiger partial charge in [-0.2, -0.15) is 0 Å². The van der Waals surface area contributed by atoms with Crippen LogP contribution in [0, 0.1) is 12.8 Å². The highest BCUT2D eigenvalue weighted by atomic mass is 32.2. The average molecular weight is 268 g/mol. The van der Waals surface area contributed by atoms with Crippen LogP contribution in [0.3, 0.4) is 0 Å². The normalized spacial score (nSPS) is 11.2. The number of unbranched alkanes of at least 4 members (excludes halogenated alkanes) is 1. The first-order valence-corrected chi connectivity index (χ1v) is 7.75. The molecule has 0 aliphatic rings. The van der Waals surface area contributed by atoms with Gasteiger partial charge in [-0.15, -0.1) is 0 Å². The van der Waals surface area contributed by atoms with E-state index in [1.165, 1.54) is 6.42 Å². The molecule has 0 atom stereocenters. The molecular formula is C14H24N2OS. The van der Waals surface area contributed by atoms with Gasteiger partial charge in [0, 0.05) is 17.0 Å². The topological polar surface area (TPSA) is 45.8 Å². The van der Waals surface area contributed by atoms with Gasteiger partial charge < -0.3 is 4.98 Å². The number of aryl methyl sites for hydroxylation is 1. The fraction of sp³-hybridized carbons (Fsp3) is 0.714. The Bertz CT molecular complexity index is 426. The maximum Gasteiger partial charge on any atom is 0.254 e. The number of nitrogens with zero attached hydrogens (tertiary/aromatic N) is 1. The standard InChI is InChI=1S/C14H24N2OS/c1-5-6-9-18-14-15-11(4)12(13(17)16-14)8-7-10(2)3/h10H,5-9H2,1-4H3,(H,15,16,17). The molecule has 4 heteroatoms. The van der Waals surface area contributed by atoms with Gasteiger partial charge in [-0.05, 0) is 32.1 Å². The third-order valence-electron chi connectivity index (χ3n) is 2.91. The number of H-pyrrole nitrogens is 1. The van der Waals surface area contributed by atoms with E-state index in [-0.39, 0.29) is 5.56 Å². The van der Waals surface area contributed by atoms with Crippen LogP contribution >= 0.6 is 11.8 Å². The van der Waals surface area contributed by atoms with Crippen LogP contribution < -0.4 is 5.56 Å². The molecular weight excluding hydrogens is 244 g/mol. The van der Waals surface area contributed by atoms with Crippen molar-refractivity contribution in [3.8, 4) is 0 Å². The number of rotatable bonds is 7. The fourth-order valence-corrected chi connectivity index (χ4v) is 2.69. The van der Waals surface area contributed by atoms with Gasteiger partial charge in [0.25, 0.3) is 5.56 Å². The van der Waals surface area contributed by atoms with Crippen LogP contribution in [0.25, 0.3) is 0 Å². The van der Waals surface area contributed by atoms with Crippen LogP contribution in [-0.2, 0) is 6.42 Å². The quantitative estimate of drug-likeness (QED) is 0.467. The molecule has 0 spiro atoms. The van der Waals surface area contributed by atoms with Crippen molar-refractivity contribution in [2.75, 3.05) is 5.75 Å². The van der Waals surface area contributed by atoms with Crippen molar-refractivity contribution in [3.05, 3.63) is 21.6 Å². The Balaban J connectivity index is 2.74. The molecule has 1 N–H and O–H groups in total. The molecule has 0 unspecified atom stereocenters. The van der Waals surface area contributed by atoms with Gasteiger partial charge in [0.2, 0.25) is 0 Å². The summed E-state index contributed by atoms with van der Waals surface area (Å²) in [6.45, 7) is 8.45. The van der Waals surface area contributed by atoms with Gasteiger partial charge in [0.1, 0.15) is 0 Å². The van der Waals surface area contributed by atoms with Crippen molar-refractivity contribution in [1.82, 2.24) is 9.97 Å². The lowest BCUT2D eigenvalue weighted by atomic mass is 10.0. The van der Waals surface area contributed by atoms with E-state index in [4.69, 9.17) is 0 Å². The molecule has 0 saturated carbocycles. The highest BCUT2D eigenvalue weighted by Gasteiger charge is 2.09. The molecule has 1 aromatic heterocycles. The highest BCUT2D eigenvalue weighted by Crippen LogP contribution is 2.15. The first-order chi connectivity index (χ1) is 8.54. The zero-order valence-corrected chi connectivity index (χ0v) is 12.7. The maximum absolute atomic E-state index is 12.0. The average Bonchev–Trinajstić information content (AvgIpc) is 2.28. The number of aromatic amines is 1. The summed E-state index contributed by atoms with van der Waals surface area (Å²) in [4.78, 5) is 19.4. The summed E-state index contributed by atoms with van der Waals surface area (Å²) < 4.78 is 0. The Morgan fingerprint density at radius 2 is 2.11 bits per heavy atom. The Morgan fingerprint density at radius 1 is 1.39 bits per heavy atom. The van der Waals surface area contributed by atoms with Crippen LogP contribution in [-0.4, -0.2) is 15.7 Å². The van der Waals surface area contributed by atoms with E-state index >= 15 is 0 Å². The minimum absolute atomic E-state index is 0.0437. The first kappa shape index (κ1) is 15.3. The van der Waals surface area contributed by atoms with E-state index in [0.717, 1.165) is 41.4 Å². The summed E-state index contributed by atoms with van der Waals surface area (Å²) in [6, 6.07) is 0. The predicted octanol–water partition coefficient (Wildman–Crippen LogP) is 3.56. The Hall–Kier alpha value is -0.770. The van der Waals surface area contributed by atoms with Crippen LogP contribution in [0.2, 0.25) is 0 Å². The molecule has 0 fully saturated rings. The minimum Gasteiger partial charge on any atom is -0.301 e. The molecule has 1 heterocycles. The van der Waals surface area contributed by atoms with Crippen molar-refractivity contribution in [2.24, 2.45) is 5.92 Å². The van der Waals surface area contributed by atoms with Gasteiger partial charge >= 0.3 is 0 Å². The van der Waals surface area contributed by atoms with Crippen LogP contribution in [0.15, 0.2) is 9.95 Å². The largest absolute Gasteiger partial charge is 0.301 e. The summed E-state index contributed by atoms with van der Waals surface area (Å²) in [7, 11) is 0.